The minimum absolute atomic E-state index is 0.462. The topological polar surface area (TPSA) is 0 Å². The smallest absolute Gasteiger partial charge is 0.00881 e. The van der Waals surface area contributed by atoms with Crippen LogP contribution in [0.25, 0.3) is 0 Å². The lowest BCUT2D eigenvalue weighted by Gasteiger charge is -2.50. The molecule has 2 saturated carbocycles. The van der Waals surface area contributed by atoms with Crippen LogP contribution in [-0.4, -0.2) is 0 Å². The monoisotopic (exact) mass is 204 g/mol. The zero-order valence-electron chi connectivity index (χ0n) is 10.7. The first kappa shape index (κ1) is 9.93. The lowest BCUT2D eigenvalue weighted by atomic mass is 9.55. The highest BCUT2D eigenvalue weighted by Crippen LogP contribution is 2.78. The second-order valence-electron chi connectivity index (χ2n) is 7.12. The molecular weight excluding hydrogens is 180 g/mol. The summed E-state index contributed by atoms with van der Waals surface area (Å²) in [6.45, 7) is 9.89. The highest BCUT2D eigenvalue weighted by Gasteiger charge is 2.69. The molecule has 3 aliphatic carbocycles. The van der Waals surface area contributed by atoms with Crippen molar-refractivity contribution >= 4 is 0 Å². The largest absolute Gasteiger partial charge is 0.0850 e. The summed E-state index contributed by atoms with van der Waals surface area (Å²) in [5, 5.41) is 0. The molecule has 0 N–H and O–H groups in total. The number of hydrogen-bond donors (Lipinski definition) is 0. The van der Waals surface area contributed by atoms with Gasteiger partial charge in [0.15, 0.2) is 0 Å². The van der Waals surface area contributed by atoms with E-state index in [1.807, 2.05) is 0 Å². The summed E-state index contributed by atoms with van der Waals surface area (Å²) in [6.07, 6.45) is 9.78. The molecule has 0 aromatic carbocycles. The van der Waals surface area contributed by atoms with Gasteiger partial charge in [0.2, 0.25) is 0 Å². The van der Waals surface area contributed by atoms with Crippen LogP contribution in [0.2, 0.25) is 0 Å². The van der Waals surface area contributed by atoms with Gasteiger partial charge in [-0.1, -0.05) is 32.4 Å². The van der Waals surface area contributed by atoms with Crippen LogP contribution in [0.5, 0.6) is 0 Å². The van der Waals surface area contributed by atoms with Gasteiger partial charge < -0.3 is 0 Å². The second kappa shape index (κ2) is 2.52. The van der Waals surface area contributed by atoms with Crippen LogP contribution in [0, 0.1) is 22.2 Å². The molecule has 3 rings (SSSR count). The van der Waals surface area contributed by atoms with E-state index in [2.05, 4.69) is 33.8 Å². The van der Waals surface area contributed by atoms with E-state index in [0.29, 0.717) is 10.8 Å². The van der Waals surface area contributed by atoms with Gasteiger partial charge in [-0.05, 0) is 61.2 Å². The molecular formula is C15H24. The molecule has 0 saturated heterocycles. The van der Waals surface area contributed by atoms with Gasteiger partial charge in [0.25, 0.3) is 0 Å². The Balaban J connectivity index is 2.03. The summed E-state index contributed by atoms with van der Waals surface area (Å²) < 4.78 is 0. The lowest BCUT2D eigenvalue weighted by Crippen LogP contribution is -2.41. The molecule has 0 aromatic rings. The molecule has 15 heavy (non-hydrogen) atoms. The fourth-order valence-electron chi connectivity index (χ4n) is 4.78. The van der Waals surface area contributed by atoms with Gasteiger partial charge in [0.05, 0.1) is 0 Å². The first-order valence-corrected chi connectivity index (χ1v) is 6.60. The fraction of sp³-hybridized carbons (Fsp3) is 0.867. The third-order valence-electron chi connectivity index (χ3n) is 6.43. The summed E-state index contributed by atoms with van der Waals surface area (Å²) >= 11 is 0. The Morgan fingerprint density at radius 2 is 1.87 bits per heavy atom. The van der Waals surface area contributed by atoms with Crippen molar-refractivity contribution in [1.29, 1.82) is 0 Å². The van der Waals surface area contributed by atoms with Gasteiger partial charge in [0, 0.05) is 0 Å². The molecule has 84 valence electrons. The summed E-state index contributed by atoms with van der Waals surface area (Å²) in [5.74, 6) is 1.05. The number of hydrogen-bond acceptors (Lipinski definition) is 0. The van der Waals surface area contributed by atoms with Crippen molar-refractivity contribution in [3.05, 3.63) is 11.6 Å². The average Bonchev–Trinajstić information content (AvgIpc) is 2.75. The normalized spacial score (nSPS) is 51.5. The van der Waals surface area contributed by atoms with Gasteiger partial charge in [-0.25, -0.2) is 0 Å². The molecule has 0 heteroatoms. The number of fused-ring (bicyclic) bond motifs is 2. The van der Waals surface area contributed by atoms with E-state index in [4.69, 9.17) is 0 Å². The first-order valence-electron chi connectivity index (χ1n) is 6.60. The van der Waals surface area contributed by atoms with Crippen molar-refractivity contribution in [1.82, 2.24) is 0 Å². The van der Waals surface area contributed by atoms with E-state index in [0.717, 1.165) is 11.3 Å². The molecule has 0 heterocycles. The van der Waals surface area contributed by atoms with E-state index in [-0.39, 0.29) is 0 Å². The van der Waals surface area contributed by atoms with Crippen LogP contribution in [0.3, 0.4) is 0 Å². The Labute approximate surface area is 94.1 Å². The van der Waals surface area contributed by atoms with Crippen molar-refractivity contribution in [2.75, 3.05) is 0 Å². The maximum atomic E-state index is 2.52. The summed E-state index contributed by atoms with van der Waals surface area (Å²) in [5.41, 5.74) is 3.53. The first-order chi connectivity index (χ1) is 6.92. The standard InChI is InChI=1S/C15H24/c1-11-6-5-7-15(13(11,2)3)9-8-14(4)10-12(14)15/h6,12H,5,7-10H2,1-4H3. The average molecular weight is 204 g/mol. The van der Waals surface area contributed by atoms with Gasteiger partial charge >= 0.3 is 0 Å². The van der Waals surface area contributed by atoms with Crippen LogP contribution in [0.1, 0.15) is 59.8 Å². The quantitative estimate of drug-likeness (QED) is 0.507. The van der Waals surface area contributed by atoms with Crippen LogP contribution in [0.4, 0.5) is 0 Å². The zero-order valence-corrected chi connectivity index (χ0v) is 10.7. The Morgan fingerprint density at radius 1 is 1.13 bits per heavy atom. The number of allylic oxidation sites excluding steroid dienone is 2. The van der Waals surface area contributed by atoms with Gasteiger partial charge in [-0.3, -0.25) is 0 Å². The van der Waals surface area contributed by atoms with Crippen LogP contribution in [0.15, 0.2) is 11.6 Å². The molecule has 0 amide bonds. The minimum Gasteiger partial charge on any atom is -0.0850 e. The summed E-state index contributed by atoms with van der Waals surface area (Å²) in [4.78, 5) is 0. The predicted octanol–water partition coefficient (Wildman–Crippen LogP) is 4.56. The van der Waals surface area contributed by atoms with Gasteiger partial charge in [0.1, 0.15) is 0 Å². The Hall–Kier alpha value is -0.260. The van der Waals surface area contributed by atoms with Gasteiger partial charge in [-0.2, -0.15) is 0 Å². The molecule has 0 radical (unpaired) electrons. The Morgan fingerprint density at radius 3 is 2.40 bits per heavy atom. The summed E-state index contributed by atoms with van der Waals surface area (Å²) in [7, 11) is 0. The van der Waals surface area contributed by atoms with Crippen LogP contribution < -0.4 is 0 Å². The highest BCUT2D eigenvalue weighted by atomic mass is 14.7. The molecule has 3 aliphatic rings. The van der Waals surface area contributed by atoms with Crippen molar-refractivity contribution in [3.63, 3.8) is 0 Å². The molecule has 0 nitrogen and oxygen atoms in total. The lowest BCUT2D eigenvalue weighted by molar-refractivity contribution is 0.0607. The predicted molar refractivity (Wildman–Crippen MR) is 64.7 cm³/mol. The Bertz CT molecular complexity index is 336. The molecule has 2 fully saturated rings. The zero-order chi connectivity index (χ0) is 10.9. The van der Waals surface area contributed by atoms with Gasteiger partial charge in [-0.15, -0.1) is 0 Å². The van der Waals surface area contributed by atoms with Crippen LogP contribution in [-0.2, 0) is 0 Å². The summed E-state index contributed by atoms with van der Waals surface area (Å²) in [6, 6.07) is 0. The minimum atomic E-state index is 0.462. The number of rotatable bonds is 0. The maximum Gasteiger partial charge on any atom is -0.00881 e. The van der Waals surface area contributed by atoms with Crippen molar-refractivity contribution in [2.45, 2.75) is 59.8 Å². The third kappa shape index (κ3) is 0.990. The fourth-order valence-corrected chi connectivity index (χ4v) is 4.78. The second-order valence-corrected chi connectivity index (χ2v) is 7.12. The molecule has 0 bridgehead atoms. The van der Waals surface area contributed by atoms with Crippen molar-refractivity contribution < 1.29 is 0 Å². The Kier molecular flexibility index (Phi) is 1.67. The molecule has 0 aliphatic heterocycles. The van der Waals surface area contributed by atoms with Crippen molar-refractivity contribution in [2.24, 2.45) is 22.2 Å². The molecule has 0 aromatic heterocycles. The molecule has 3 unspecified atom stereocenters. The maximum absolute atomic E-state index is 2.52. The molecule has 3 atom stereocenters. The van der Waals surface area contributed by atoms with Crippen LogP contribution >= 0.6 is 0 Å². The van der Waals surface area contributed by atoms with E-state index >= 15 is 0 Å². The van der Waals surface area contributed by atoms with Crippen molar-refractivity contribution in [3.8, 4) is 0 Å². The third-order valence-corrected chi connectivity index (χ3v) is 6.43. The van der Waals surface area contributed by atoms with E-state index in [9.17, 15) is 0 Å². The van der Waals surface area contributed by atoms with E-state index < -0.39 is 0 Å². The highest BCUT2D eigenvalue weighted by molar-refractivity contribution is 5.27. The SMILES string of the molecule is CC1=CCCC2(CCC3(C)CC32)C1(C)C. The van der Waals surface area contributed by atoms with E-state index in [1.165, 1.54) is 32.1 Å². The molecule has 1 spiro atoms. The van der Waals surface area contributed by atoms with E-state index in [1.54, 1.807) is 5.57 Å².